The fourth-order valence-electron chi connectivity index (χ4n) is 1.90. The van der Waals surface area contributed by atoms with E-state index in [0.29, 0.717) is 5.75 Å². The molecular formula is C12H16N2O3. The Hall–Kier alpha value is -1.78. The van der Waals surface area contributed by atoms with Gasteiger partial charge in [-0.05, 0) is 24.8 Å². The van der Waals surface area contributed by atoms with Crippen molar-refractivity contribution in [3.8, 4) is 5.75 Å². The minimum absolute atomic E-state index is 0.00157. The summed E-state index contributed by atoms with van der Waals surface area (Å²) in [5.41, 5.74) is 0.876. The molecule has 1 aromatic rings. The summed E-state index contributed by atoms with van der Waals surface area (Å²) in [6.45, 7) is 0.932. The number of nitro groups is 1. The molecule has 0 saturated heterocycles. The maximum atomic E-state index is 10.7. The first kappa shape index (κ1) is 11.7. The van der Waals surface area contributed by atoms with Gasteiger partial charge in [-0.2, -0.15) is 0 Å². The molecule has 0 spiro atoms. The summed E-state index contributed by atoms with van der Waals surface area (Å²) in [7, 11) is 1.44. The van der Waals surface area contributed by atoms with E-state index in [-0.39, 0.29) is 5.69 Å². The van der Waals surface area contributed by atoms with Gasteiger partial charge in [0, 0.05) is 24.4 Å². The second-order valence-corrected chi connectivity index (χ2v) is 4.32. The van der Waals surface area contributed by atoms with Crippen LogP contribution in [-0.2, 0) is 0 Å². The highest BCUT2D eigenvalue weighted by Gasteiger charge is 2.18. The lowest BCUT2D eigenvalue weighted by Crippen LogP contribution is -2.20. The second kappa shape index (κ2) is 5.03. The number of nitrogens with one attached hydrogen (secondary N) is 1. The van der Waals surface area contributed by atoms with E-state index in [1.807, 2.05) is 0 Å². The standard InChI is InChI=1S/C12H16N2O3/c1-17-12-7-10(5-6-11(12)14(15)16)13-8-9-3-2-4-9/h5-7,9,13H,2-4,8H2,1H3. The Morgan fingerprint density at radius 1 is 1.53 bits per heavy atom. The normalized spacial score (nSPS) is 15.1. The lowest BCUT2D eigenvalue weighted by atomic mass is 9.85. The summed E-state index contributed by atoms with van der Waals surface area (Å²) >= 11 is 0. The Morgan fingerprint density at radius 3 is 2.82 bits per heavy atom. The van der Waals surface area contributed by atoms with Crippen LogP contribution in [0.25, 0.3) is 0 Å². The van der Waals surface area contributed by atoms with Gasteiger partial charge in [-0.1, -0.05) is 6.42 Å². The van der Waals surface area contributed by atoms with Gasteiger partial charge in [0.25, 0.3) is 0 Å². The molecule has 1 saturated carbocycles. The smallest absolute Gasteiger partial charge is 0.311 e. The van der Waals surface area contributed by atoms with Crippen molar-refractivity contribution >= 4 is 11.4 Å². The molecular weight excluding hydrogens is 220 g/mol. The van der Waals surface area contributed by atoms with Gasteiger partial charge in [0.05, 0.1) is 12.0 Å². The number of hydrogen-bond acceptors (Lipinski definition) is 4. The first-order valence-corrected chi connectivity index (χ1v) is 5.77. The van der Waals surface area contributed by atoms with Crippen LogP contribution < -0.4 is 10.1 Å². The largest absolute Gasteiger partial charge is 0.490 e. The van der Waals surface area contributed by atoms with Crippen LogP contribution >= 0.6 is 0 Å². The minimum Gasteiger partial charge on any atom is -0.490 e. The van der Waals surface area contributed by atoms with E-state index in [1.165, 1.54) is 32.4 Å². The molecule has 0 amide bonds. The maximum absolute atomic E-state index is 10.7. The monoisotopic (exact) mass is 236 g/mol. The molecule has 5 nitrogen and oxygen atoms in total. The summed E-state index contributed by atoms with van der Waals surface area (Å²) in [5, 5.41) is 14.0. The molecule has 1 aromatic carbocycles. The van der Waals surface area contributed by atoms with Crippen LogP contribution in [0, 0.1) is 16.0 Å². The van der Waals surface area contributed by atoms with Crippen LogP contribution in [0.3, 0.4) is 0 Å². The molecule has 1 fully saturated rings. The van der Waals surface area contributed by atoms with Crippen LogP contribution in [0.4, 0.5) is 11.4 Å². The SMILES string of the molecule is COc1cc(NCC2CCC2)ccc1[N+](=O)[O-]. The maximum Gasteiger partial charge on any atom is 0.311 e. The highest BCUT2D eigenvalue weighted by atomic mass is 16.6. The van der Waals surface area contributed by atoms with Crippen molar-refractivity contribution in [3.63, 3.8) is 0 Å². The van der Waals surface area contributed by atoms with Gasteiger partial charge in [-0.3, -0.25) is 10.1 Å². The van der Waals surface area contributed by atoms with Gasteiger partial charge in [0.2, 0.25) is 0 Å². The van der Waals surface area contributed by atoms with Gasteiger partial charge in [0.15, 0.2) is 5.75 Å². The van der Waals surface area contributed by atoms with Crippen LogP contribution in [0.2, 0.25) is 0 Å². The van der Waals surface area contributed by atoms with Crippen LogP contribution in [0.15, 0.2) is 18.2 Å². The van der Waals surface area contributed by atoms with Gasteiger partial charge < -0.3 is 10.1 Å². The molecule has 0 unspecified atom stereocenters. The first-order chi connectivity index (χ1) is 8.20. The van der Waals surface area contributed by atoms with E-state index < -0.39 is 4.92 Å². The fraction of sp³-hybridized carbons (Fsp3) is 0.500. The van der Waals surface area contributed by atoms with E-state index in [4.69, 9.17) is 4.74 Å². The quantitative estimate of drug-likeness (QED) is 0.630. The highest BCUT2D eigenvalue weighted by Crippen LogP contribution is 2.31. The van der Waals surface area contributed by atoms with Gasteiger partial charge in [-0.25, -0.2) is 0 Å². The zero-order valence-corrected chi connectivity index (χ0v) is 9.81. The number of nitrogens with zero attached hydrogens (tertiary/aromatic N) is 1. The predicted molar refractivity (Wildman–Crippen MR) is 65.5 cm³/mol. The second-order valence-electron chi connectivity index (χ2n) is 4.32. The van der Waals surface area contributed by atoms with Crippen molar-refractivity contribution in [2.24, 2.45) is 5.92 Å². The fourth-order valence-corrected chi connectivity index (χ4v) is 1.90. The van der Waals surface area contributed by atoms with Gasteiger partial charge in [0.1, 0.15) is 0 Å². The van der Waals surface area contributed by atoms with Gasteiger partial charge >= 0.3 is 5.69 Å². The van der Waals surface area contributed by atoms with Crippen LogP contribution in [-0.4, -0.2) is 18.6 Å². The van der Waals surface area contributed by atoms with Crippen LogP contribution in [0.1, 0.15) is 19.3 Å². The number of hydrogen-bond donors (Lipinski definition) is 1. The third-order valence-corrected chi connectivity index (χ3v) is 3.20. The topological polar surface area (TPSA) is 64.4 Å². The number of benzene rings is 1. The van der Waals surface area contributed by atoms with Gasteiger partial charge in [-0.15, -0.1) is 0 Å². The zero-order valence-electron chi connectivity index (χ0n) is 9.81. The Kier molecular flexibility index (Phi) is 3.46. The Bertz CT molecular complexity index is 416. The van der Waals surface area contributed by atoms with E-state index in [0.717, 1.165) is 18.2 Å². The Labute approximate surface area is 99.9 Å². The third-order valence-electron chi connectivity index (χ3n) is 3.20. The molecule has 92 valence electrons. The average molecular weight is 236 g/mol. The molecule has 0 heterocycles. The van der Waals surface area contributed by atoms with Crippen molar-refractivity contribution in [2.45, 2.75) is 19.3 Å². The summed E-state index contributed by atoms with van der Waals surface area (Å²) in [6.07, 6.45) is 3.87. The van der Waals surface area contributed by atoms with E-state index in [1.54, 1.807) is 12.1 Å². The van der Waals surface area contributed by atoms with Crippen molar-refractivity contribution in [1.82, 2.24) is 0 Å². The average Bonchev–Trinajstić information content (AvgIpc) is 2.26. The zero-order chi connectivity index (χ0) is 12.3. The van der Waals surface area contributed by atoms with E-state index in [2.05, 4.69) is 5.32 Å². The molecule has 0 atom stereocenters. The molecule has 1 N–H and O–H groups in total. The molecule has 0 aliphatic heterocycles. The molecule has 5 heteroatoms. The molecule has 2 rings (SSSR count). The number of anilines is 1. The first-order valence-electron chi connectivity index (χ1n) is 5.77. The predicted octanol–water partition coefficient (Wildman–Crippen LogP) is 2.82. The Morgan fingerprint density at radius 2 is 2.29 bits per heavy atom. The highest BCUT2D eigenvalue weighted by molar-refractivity contribution is 5.57. The van der Waals surface area contributed by atoms with Crippen molar-refractivity contribution in [2.75, 3.05) is 19.0 Å². The number of ether oxygens (including phenoxy) is 1. The summed E-state index contributed by atoms with van der Waals surface area (Å²) in [4.78, 5) is 10.3. The molecule has 17 heavy (non-hydrogen) atoms. The van der Waals surface area contributed by atoms with Crippen molar-refractivity contribution < 1.29 is 9.66 Å². The van der Waals surface area contributed by atoms with Crippen molar-refractivity contribution in [3.05, 3.63) is 28.3 Å². The van der Waals surface area contributed by atoms with Crippen LogP contribution in [0.5, 0.6) is 5.75 Å². The number of rotatable bonds is 5. The summed E-state index contributed by atoms with van der Waals surface area (Å²) in [6, 6.07) is 4.87. The lowest BCUT2D eigenvalue weighted by Gasteiger charge is -2.25. The van der Waals surface area contributed by atoms with E-state index in [9.17, 15) is 10.1 Å². The molecule has 0 radical (unpaired) electrons. The third kappa shape index (κ3) is 2.67. The molecule has 0 aromatic heterocycles. The number of methoxy groups -OCH3 is 1. The number of nitro benzene ring substituents is 1. The lowest BCUT2D eigenvalue weighted by molar-refractivity contribution is -0.385. The summed E-state index contributed by atoms with van der Waals surface area (Å²) < 4.78 is 5.01. The molecule has 1 aliphatic rings. The van der Waals surface area contributed by atoms with Crippen molar-refractivity contribution in [1.29, 1.82) is 0 Å². The molecule has 0 bridgehead atoms. The molecule has 1 aliphatic carbocycles. The summed E-state index contributed by atoms with van der Waals surface area (Å²) in [5.74, 6) is 1.05. The minimum atomic E-state index is -0.436. The van der Waals surface area contributed by atoms with E-state index >= 15 is 0 Å². The Balaban J connectivity index is 2.04.